The first-order chi connectivity index (χ1) is 8.63. The lowest BCUT2D eigenvalue weighted by molar-refractivity contribution is 0.617. The van der Waals surface area contributed by atoms with Gasteiger partial charge >= 0.3 is 0 Å². The lowest BCUT2D eigenvalue weighted by Gasteiger charge is -2.00. The second-order valence-corrected chi connectivity index (χ2v) is 4.33. The molecule has 0 radical (unpaired) electrons. The van der Waals surface area contributed by atoms with Crippen LogP contribution in [0.2, 0.25) is 0 Å². The molecule has 1 aromatic heterocycles. The fourth-order valence-corrected chi connectivity index (χ4v) is 2.01. The van der Waals surface area contributed by atoms with Crippen molar-refractivity contribution in [3.8, 4) is 11.5 Å². The highest BCUT2D eigenvalue weighted by molar-refractivity contribution is 5.80. The lowest BCUT2D eigenvalue weighted by Crippen LogP contribution is -1.91. The summed E-state index contributed by atoms with van der Waals surface area (Å²) in [6.45, 7) is 1.99. The molecule has 1 heterocycles. The first kappa shape index (κ1) is 10.7. The van der Waals surface area contributed by atoms with Gasteiger partial charge in [-0.3, -0.25) is 0 Å². The maximum Gasteiger partial charge on any atom is 0.227 e. The lowest BCUT2D eigenvalue weighted by atomic mass is 10.2. The van der Waals surface area contributed by atoms with Gasteiger partial charge in [0.2, 0.25) is 5.89 Å². The zero-order valence-electron chi connectivity index (χ0n) is 9.97. The number of oxazole rings is 1. The highest BCUT2D eigenvalue weighted by Gasteiger charge is 2.10. The fourth-order valence-electron chi connectivity index (χ4n) is 2.01. The molecule has 0 aliphatic rings. The largest absolute Gasteiger partial charge is 0.436 e. The fraction of sp³-hybridized carbons (Fsp3) is 0.0714. The molecule has 0 bridgehead atoms. The SMILES string of the molecule is Cc1cccc2nc(-c3cc(N)cc(N)c3)oc12. The molecule has 4 N–H and O–H groups in total. The molecule has 0 amide bonds. The third-order valence-electron chi connectivity index (χ3n) is 2.84. The Kier molecular flexibility index (Phi) is 2.23. The molecule has 0 unspecified atom stereocenters. The van der Waals surface area contributed by atoms with Gasteiger partial charge in [0.1, 0.15) is 5.52 Å². The molecule has 90 valence electrons. The van der Waals surface area contributed by atoms with Crippen LogP contribution in [-0.4, -0.2) is 4.98 Å². The predicted molar refractivity (Wildman–Crippen MR) is 73.0 cm³/mol. The van der Waals surface area contributed by atoms with E-state index in [2.05, 4.69) is 4.98 Å². The van der Waals surface area contributed by atoms with E-state index >= 15 is 0 Å². The van der Waals surface area contributed by atoms with E-state index < -0.39 is 0 Å². The number of anilines is 2. The van der Waals surface area contributed by atoms with Crippen molar-refractivity contribution < 1.29 is 4.42 Å². The number of aromatic nitrogens is 1. The second-order valence-electron chi connectivity index (χ2n) is 4.33. The van der Waals surface area contributed by atoms with Crippen LogP contribution >= 0.6 is 0 Å². The number of benzene rings is 2. The standard InChI is InChI=1S/C14H13N3O/c1-8-3-2-4-12-13(8)18-14(17-12)9-5-10(15)7-11(16)6-9/h2-7H,15-16H2,1H3. The zero-order chi connectivity index (χ0) is 12.7. The van der Waals surface area contributed by atoms with E-state index in [1.807, 2.05) is 25.1 Å². The van der Waals surface area contributed by atoms with Gasteiger partial charge in [-0.1, -0.05) is 12.1 Å². The van der Waals surface area contributed by atoms with Crippen LogP contribution < -0.4 is 11.5 Å². The molecule has 3 rings (SSSR count). The summed E-state index contributed by atoms with van der Waals surface area (Å²) in [5.74, 6) is 0.540. The van der Waals surface area contributed by atoms with Crippen molar-refractivity contribution in [1.82, 2.24) is 4.98 Å². The Hall–Kier alpha value is -2.49. The smallest absolute Gasteiger partial charge is 0.227 e. The maximum atomic E-state index is 5.77. The van der Waals surface area contributed by atoms with Crippen LogP contribution in [0, 0.1) is 6.92 Å². The maximum absolute atomic E-state index is 5.77. The normalized spacial score (nSPS) is 10.9. The van der Waals surface area contributed by atoms with Crippen molar-refractivity contribution in [1.29, 1.82) is 0 Å². The summed E-state index contributed by atoms with van der Waals surface area (Å²) in [6.07, 6.45) is 0. The Labute approximate surface area is 104 Å². The predicted octanol–water partition coefficient (Wildman–Crippen LogP) is 2.97. The van der Waals surface area contributed by atoms with Crippen LogP contribution in [-0.2, 0) is 0 Å². The summed E-state index contributed by atoms with van der Waals surface area (Å²) in [6, 6.07) is 11.2. The molecule has 0 spiro atoms. The summed E-state index contributed by atoms with van der Waals surface area (Å²) < 4.78 is 5.77. The molecule has 0 atom stereocenters. The number of hydrogen-bond acceptors (Lipinski definition) is 4. The van der Waals surface area contributed by atoms with Crippen LogP contribution in [0.3, 0.4) is 0 Å². The molecule has 0 fully saturated rings. The van der Waals surface area contributed by atoms with Crippen LogP contribution in [0.5, 0.6) is 0 Å². The third-order valence-corrected chi connectivity index (χ3v) is 2.84. The first-order valence-electron chi connectivity index (χ1n) is 5.66. The number of aryl methyl sites for hydroxylation is 1. The van der Waals surface area contributed by atoms with Gasteiger partial charge in [0, 0.05) is 16.9 Å². The minimum Gasteiger partial charge on any atom is -0.436 e. The minimum atomic E-state index is 0.540. The molecule has 0 saturated heterocycles. The molecule has 4 heteroatoms. The van der Waals surface area contributed by atoms with E-state index in [-0.39, 0.29) is 0 Å². The summed E-state index contributed by atoms with van der Waals surface area (Å²) >= 11 is 0. The minimum absolute atomic E-state index is 0.540. The molecule has 2 aromatic carbocycles. The van der Waals surface area contributed by atoms with Gasteiger partial charge in [-0.25, -0.2) is 4.98 Å². The van der Waals surface area contributed by atoms with E-state index in [1.165, 1.54) is 0 Å². The Morgan fingerprint density at radius 1 is 1.06 bits per heavy atom. The number of hydrogen-bond donors (Lipinski definition) is 2. The Balaban J connectivity index is 2.22. The number of para-hydroxylation sites is 1. The first-order valence-corrected chi connectivity index (χ1v) is 5.66. The van der Waals surface area contributed by atoms with E-state index in [0.29, 0.717) is 17.3 Å². The zero-order valence-corrected chi connectivity index (χ0v) is 9.97. The van der Waals surface area contributed by atoms with Gasteiger partial charge in [0.05, 0.1) is 0 Å². The van der Waals surface area contributed by atoms with Crippen molar-refractivity contribution in [3.05, 3.63) is 42.0 Å². The molecular weight excluding hydrogens is 226 g/mol. The van der Waals surface area contributed by atoms with Crippen LogP contribution in [0.1, 0.15) is 5.56 Å². The van der Waals surface area contributed by atoms with E-state index in [4.69, 9.17) is 15.9 Å². The van der Waals surface area contributed by atoms with Gasteiger partial charge in [-0.2, -0.15) is 0 Å². The Morgan fingerprint density at radius 3 is 2.44 bits per heavy atom. The monoisotopic (exact) mass is 239 g/mol. The Bertz CT molecular complexity index is 711. The highest BCUT2D eigenvalue weighted by atomic mass is 16.3. The van der Waals surface area contributed by atoms with Gasteiger partial charge < -0.3 is 15.9 Å². The third kappa shape index (κ3) is 1.68. The van der Waals surface area contributed by atoms with Gasteiger partial charge in [-0.15, -0.1) is 0 Å². The average Bonchev–Trinajstić information content (AvgIpc) is 2.73. The van der Waals surface area contributed by atoms with Gasteiger partial charge in [-0.05, 0) is 36.8 Å². The van der Waals surface area contributed by atoms with Gasteiger partial charge in [0.25, 0.3) is 0 Å². The van der Waals surface area contributed by atoms with Crippen molar-refractivity contribution in [2.24, 2.45) is 0 Å². The molecule has 18 heavy (non-hydrogen) atoms. The molecular formula is C14H13N3O. The number of fused-ring (bicyclic) bond motifs is 1. The summed E-state index contributed by atoms with van der Waals surface area (Å²) in [7, 11) is 0. The van der Waals surface area contributed by atoms with Crippen molar-refractivity contribution in [2.45, 2.75) is 6.92 Å². The number of rotatable bonds is 1. The summed E-state index contributed by atoms with van der Waals surface area (Å²) in [4.78, 5) is 4.45. The highest BCUT2D eigenvalue weighted by Crippen LogP contribution is 2.28. The van der Waals surface area contributed by atoms with E-state index in [9.17, 15) is 0 Å². The molecule has 0 aliphatic carbocycles. The van der Waals surface area contributed by atoms with Gasteiger partial charge in [0.15, 0.2) is 5.58 Å². The average molecular weight is 239 g/mol. The molecule has 4 nitrogen and oxygen atoms in total. The summed E-state index contributed by atoms with van der Waals surface area (Å²) in [5.41, 5.74) is 16.2. The molecule has 0 saturated carbocycles. The second kappa shape index (κ2) is 3.77. The van der Waals surface area contributed by atoms with Crippen molar-refractivity contribution in [2.75, 3.05) is 11.5 Å². The van der Waals surface area contributed by atoms with Crippen LogP contribution in [0.4, 0.5) is 11.4 Å². The molecule has 3 aromatic rings. The number of nitrogens with two attached hydrogens (primary N) is 2. The van der Waals surface area contributed by atoms with Crippen molar-refractivity contribution in [3.63, 3.8) is 0 Å². The topological polar surface area (TPSA) is 78.1 Å². The Morgan fingerprint density at radius 2 is 1.78 bits per heavy atom. The van der Waals surface area contributed by atoms with E-state index in [0.717, 1.165) is 22.2 Å². The summed E-state index contributed by atoms with van der Waals surface area (Å²) in [5, 5.41) is 0. The number of nitrogen functional groups attached to an aromatic ring is 2. The van der Waals surface area contributed by atoms with Crippen molar-refractivity contribution >= 4 is 22.5 Å². The number of nitrogens with zero attached hydrogens (tertiary/aromatic N) is 1. The molecule has 0 aliphatic heterocycles. The van der Waals surface area contributed by atoms with Crippen LogP contribution in [0.25, 0.3) is 22.6 Å². The van der Waals surface area contributed by atoms with E-state index in [1.54, 1.807) is 18.2 Å². The van der Waals surface area contributed by atoms with Crippen LogP contribution in [0.15, 0.2) is 40.8 Å². The quantitative estimate of drug-likeness (QED) is 0.640.